The fraction of sp³-hybridized carbons (Fsp3) is 0.167. The van der Waals surface area contributed by atoms with E-state index in [0.29, 0.717) is 10.6 Å². The number of rotatable bonds is 2. The molecule has 0 radical (unpaired) electrons. The largest absolute Gasteiger partial charge is 0.404 e. The SMILES string of the molecule is C=C/C(=C/N)C(=N)SC. The van der Waals surface area contributed by atoms with Gasteiger partial charge in [0.2, 0.25) is 0 Å². The summed E-state index contributed by atoms with van der Waals surface area (Å²) < 4.78 is 0. The first-order valence-corrected chi connectivity index (χ1v) is 3.66. The third kappa shape index (κ3) is 2.37. The van der Waals surface area contributed by atoms with E-state index >= 15 is 0 Å². The Kier molecular flexibility index (Phi) is 3.88. The molecular weight excluding hydrogens is 132 g/mol. The Bertz CT molecular complexity index is 149. The summed E-state index contributed by atoms with van der Waals surface area (Å²) in [6, 6.07) is 0. The number of hydrogen-bond acceptors (Lipinski definition) is 3. The van der Waals surface area contributed by atoms with Gasteiger partial charge < -0.3 is 5.73 Å². The molecule has 0 aromatic rings. The summed E-state index contributed by atoms with van der Waals surface area (Å²) in [5.74, 6) is 0. The highest BCUT2D eigenvalue weighted by Gasteiger charge is 1.95. The molecule has 0 fully saturated rings. The summed E-state index contributed by atoms with van der Waals surface area (Å²) >= 11 is 1.35. The van der Waals surface area contributed by atoms with Crippen molar-refractivity contribution in [3.8, 4) is 0 Å². The van der Waals surface area contributed by atoms with Gasteiger partial charge in [0.15, 0.2) is 0 Å². The van der Waals surface area contributed by atoms with Crippen molar-refractivity contribution < 1.29 is 0 Å². The molecule has 0 amide bonds. The lowest BCUT2D eigenvalue weighted by Crippen LogP contribution is -1.95. The number of thioether (sulfide) groups is 1. The molecule has 50 valence electrons. The molecule has 3 heteroatoms. The van der Waals surface area contributed by atoms with Crippen molar-refractivity contribution >= 4 is 16.8 Å². The zero-order valence-corrected chi connectivity index (χ0v) is 6.16. The van der Waals surface area contributed by atoms with Gasteiger partial charge in [0.1, 0.15) is 0 Å². The Morgan fingerprint density at radius 3 is 2.44 bits per heavy atom. The summed E-state index contributed by atoms with van der Waals surface area (Å²) in [7, 11) is 0. The maximum absolute atomic E-state index is 7.24. The standard InChI is InChI=1S/C6H10N2S/c1-3-5(4-7)6(8)9-2/h3-4,8H,1,7H2,2H3/b5-4-,8-6?. The number of nitrogens with two attached hydrogens (primary N) is 1. The molecule has 0 aliphatic heterocycles. The minimum Gasteiger partial charge on any atom is -0.404 e. The van der Waals surface area contributed by atoms with Crippen molar-refractivity contribution in [1.29, 1.82) is 5.41 Å². The fourth-order valence-electron chi connectivity index (χ4n) is 0.354. The van der Waals surface area contributed by atoms with E-state index in [0.717, 1.165) is 0 Å². The average Bonchev–Trinajstić information content (AvgIpc) is 1.90. The Balaban J connectivity index is 4.14. The lowest BCUT2D eigenvalue weighted by molar-refractivity contribution is 1.50. The Hall–Kier alpha value is -0.700. The topological polar surface area (TPSA) is 49.9 Å². The highest BCUT2D eigenvalue weighted by Crippen LogP contribution is 2.06. The molecule has 2 nitrogen and oxygen atoms in total. The second-order valence-electron chi connectivity index (χ2n) is 1.36. The Labute approximate surface area is 59.3 Å². The number of hydrogen-bond donors (Lipinski definition) is 2. The van der Waals surface area contributed by atoms with Crippen molar-refractivity contribution in [3.63, 3.8) is 0 Å². The third-order valence-corrected chi connectivity index (χ3v) is 1.51. The van der Waals surface area contributed by atoms with E-state index < -0.39 is 0 Å². The van der Waals surface area contributed by atoms with Gasteiger partial charge in [0.05, 0.1) is 5.04 Å². The van der Waals surface area contributed by atoms with Crippen LogP contribution in [0.4, 0.5) is 0 Å². The second kappa shape index (κ2) is 4.21. The van der Waals surface area contributed by atoms with Gasteiger partial charge in [-0.2, -0.15) is 0 Å². The summed E-state index contributed by atoms with van der Waals surface area (Å²) in [5, 5.41) is 7.69. The van der Waals surface area contributed by atoms with E-state index in [1.807, 2.05) is 6.26 Å². The maximum Gasteiger partial charge on any atom is 0.0954 e. The average molecular weight is 142 g/mol. The molecule has 0 aromatic carbocycles. The fourth-order valence-corrected chi connectivity index (χ4v) is 0.741. The minimum atomic E-state index is 0.451. The van der Waals surface area contributed by atoms with E-state index in [-0.39, 0.29) is 0 Å². The lowest BCUT2D eigenvalue weighted by Gasteiger charge is -1.96. The highest BCUT2D eigenvalue weighted by molar-refractivity contribution is 8.13. The molecule has 0 atom stereocenters. The molecule has 3 N–H and O–H groups in total. The number of nitrogens with one attached hydrogen (secondary N) is 1. The molecule has 0 aliphatic rings. The summed E-state index contributed by atoms with van der Waals surface area (Å²) in [4.78, 5) is 0. The molecule has 0 aliphatic carbocycles. The van der Waals surface area contributed by atoms with E-state index in [4.69, 9.17) is 11.1 Å². The molecule has 0 saturated carbocycles. The molecule has 0 spiro atoms. The first-order chi connectivity index (χ1) is 4.26. The van der Waals surface area contributed by atoms with Crippen LogP contribution in [0.25, 0.3) is 0 Å². The van der Waals surface area contributed by atoms with Crippen LogP contribution in [0.5, 0.6) is 0 Å². The molecule has 0 aromatic heterocycles. The summed E-state index contributed by atoms with van der Waals surface area (Å²) in [6.45, 7) is 3.50. The van der Waals surface area contributed by atoms with Crippen molar-refractivity contribution in [2.45, 2.75) is 0 Å². The van der Waals surface area contributed by atoms with Crippen LogP contribution < -0.4 is 5.73 Å². The second-order valence-corrected chi connectivity index (χ2v) is 2.18. The molecule has 9 heavy (non-hydrogen) atoms. The molecular formula is C6H10N2S. The van der Waals surface area contributed by atoms with E-state index in [2.05, 4.69) is 6.58 Å². The predicted molar refractivity (Wildman–Crippen MR) is 43.7 cm³/mol. The molecule has 0 heterocycles. The van der Waals surface area contributed by atoms with E-state index in [1.54, 1.807) is 6.08 Å². The van der Waals surface area contributed by atoms with Gasteiger partial charge in [0.25, 0.3) is 0 Å². The van der Waals surface area contributed by atoms with Crippen molar-refractivity contribution in [3.05, 3.63) is 24.4 Å². The summed E-state index contributed by atoms with van der Waals surface area (Å²) in [6.07, 6.45) is 4.78. The monoisotopic (exact) mass is 142 g/mol. The number of allylic oxidation sites excluding steroid dienone is 1. The van der Waals surface area contributed by atoms with Gasteiger partial charge >= 0.3 is 0 Å². The lowest BCUT2D eigenvalue weighted by atomic mass is 10.3. The summed E-state index contributed by atoms with van der Waals surface area (Å²) in [5.41, 5.74) is 5.86. The first-order valence-electron chi connectivity index (χ1n) is 2.43. The highest BCUT2D eigenvalue weighted by atomic mass is 32.2. The van der Waals surface area contributed by atoms with Gasteiger partial charge in [-0.25, -0.2) is 0 Å². The van der Waals surface area contributed by atoms with Gasteiger partial charge in [-0.1, -0.05) is 12.7 Å². The van der Waals surface area contributed by atoms with E-state index in [9.17, 15) is 0 Å². The first kappa shape index (κ1) is 8.30. The third-order valence-electron chi connectivity index (χ3n) is 0.866. The van der Waals surface area contributed by atoms with Gasteiger partial charge in [0, 0.05) is 11.8 Å². The van der Waals surface area contributed by atoms with E-state index in [1.165, 1.54) is 18.0 Å². The van der Waals surface area contributed by atoms with Gasteiger partial charge in [-0.3, -0.25) is 5.41 Å². The predicted octanol–water partition coefficient (Wildman–Crippen LogP) is 1.36. The van der Waals surface area contributed by atoms with Crippen LogP contribution >= 0.6 is 11.8 Å². The van der Waals surface area contributed by atoms with Crippen LogP contribution in [-0.4, -0.2) is 11.3 Å². The van der Waals surface area contributed by atoms with Crippen LogP contribution in [0.15, 0.2) is 24.4 Å². The quantitative estimate of drug-likeness (QED) is 0.347. The van der Waals surface area contributed by atoms with Crippen LogP contribution in [0, 0.1) is 5.41 Å². The zero-order valence-electron chi connectivity index (χ0n) is 5.35. The van der Waals surface area contributed by atoms with Crippen molar-refractivity contribution in [1.82, 2.24) is 0 Å². The van der Waals surface area contributed by atoms with Gasteiger partial charge in [-0.05, 0) is 6.26 Å². The molecule has 0 bridgehead atoms. The zero-order chi connectivity index (χ0) is 7.28. The van der Waals surface area contributed by atoms with Crippen molar-refractivity contribution in [2.24, 2.45) is 5.73 Å². The normalized spacial score (nSPS) is 11.0. The molecule has 0 unspecified atom stereocenters. The molecule has 0 saturated heterocycles. The van der Waals surface area contributed by atoms with Crippen LogP contribution in [-0.2, 0) is 0 Å². The van der Waals surface area contributed by atoms with Crippen LogP contribution in [0.2, 0.25) is 0 Å². The van der Waals surface area contributed by atoms with Crippen molar-refractivity contribution in [2.75, 3.05) is 6.26 Å². The Morgan fingerprint density at radius 2 is 2.33 bits per heavy atom. The van der Waals surface area contributed by atoms with Gasteiger partial charge in [-0.15, -0.1) is 11.8 Å². The Morgan fingerprint density at radius 1 is 1.78 bits per heavy atom. The smallest absolute Gasteiger partial charge is 0.0954 e. The molecule has 0 rings (SSSR count). The minimum absolute atomic E-state index is 0.451. The van der Waals surface area contributed by atoms with Crippen LogP contribution in [0.1, 0.15) is 0 Å². The maximum atomic E-state index is 7.24. The van der Waals surface area contributed by atoms with Crippen LogP contribution in [0.3, 0.4) is 0 Å².